The van der Waals surface area contributed by atoms with E-state index >= 15 is 0 Å². The molecule has 46 heavy (non-hydrogen) atoms. The van der Waals surface area contributed by atoms with Crippen molar-refractivity contribution in [3.63, 3.8) is 0 Å². The van der Waals surface area contributed by atoms with E-state index in [1.54, 1.807) is 0 Å². The summed E-state index contributed by atoms with van der Waals surface area (Å²) in [5.74, 6) is 0. The summed E-state index contributed by atoms with van der Waals surface area (Å²) in [6.07, 6.45) is 0. The number of rotatable bonds is 3. The third-order valence-corrected chi connectivity index (χ3v) is 9.66. The second-order valence-electron chi connectivity index (χ2n) is 12.2. The first-order chi connectivity index (χ1) is 22.8. The molecule has 0 aliphatic carbocycles. The van der Waals surface area contributed by atoms with Gasteiger partial charge < -0.3 is 9.13 Å². The monoisotopic (exact) mass is 584 g/mol. The van der Waals surface area contributed by atoms with E-state index in [9.17, 15) is 0 Å². The van der Waals surface area contributed by atoms with E-state index in [0.29, 0.717) is 0 Å². The number of para-hydroxylation sites is 4. The minimum Gasteiger partial charge on any atom is -0.309 e. The maximum Gasteiger partial charge on any atom is 0.0541 e. The molecule has 10 rings (SSSR count). The molecule has 2 heterocycles. The minimum absolute atomic E-state index is 1.14. The standard InChI is InChI=1S/C44H28N2/c1-2-14-33-29(13-1)27-40(35-16-4-3-15-34(33)35)30-25-31(45-41-21-9-5-17-36(41)37-18-6-10-22-42(37)45)28-32(26-30)46-43-23-11-7-19-38(43)39-20-8-12-24-44(39)46/h1-28H. The molecule has 0 saturated heterocycles. The van der Waals surface area contributed by atoms with Gasteiger partial charge in [0.05, 0.1) is 22.1 Å². The number of nitrogens with zero attached hydrogens (tertiary/aromatic N) is 2. The molecule has 0 fully saturated rings. The fourth-order valence-electron chi connectivity index (χ4n) is 7.70. The zero-order chi connectivity index (χ0) is 30.2. The molecule has 0 atom stereocenters. The lowest BCUT2D eigenvalue weighted by Crippen LogP contribution is -2.00. The molecule has 2 aromatic heterocycles. The van der Waals surface area contributed by atoms with E-state index < -0.39 is 0 Å². The molecule has 0 unspecified atom stereocenters. The van der Waals surface area contributed by atoms with Crippen LogP contribution >= 0.6 is 0 Å². The van der Waals surface area contributed by atoms with Crippen molar-refractivity contribution >= 4 is 65.2 Å². The van der Waals surface area contributed by atoms with Gasteiger partial charge in [0.15, 0.2) is 0 Å². The lowest BCUT2D eigenvalue weighted by atomic mass is 9.93. The highest BCUT2D eigenvalue weighted by molar-refractivity contribution is 6.15. The van der Waals surface area contributed by atoms with Crippen molar-refractivity contribution in [3.05, 3.63) is 170 Å². The summed E-state index contributed by atoms with van der Waals surface area (Å²) in [6, 6.07) is 62.1. The zero-order valence-electron chi connectivity index (χ0n) is 25.1. The highest BCUT2D eigenvalue weighted by atomic mass is 15.0. The molecule has 0 aliphatic rings. The average molecular weight is 585 g/mol. The third-order valence-electron chi connectivity index (χ3n) is 9.66. The molecule has 0 radical (unpaired) electrons. The molecule has 2 heteroatoms. The van der Waals surface area contributed by atoms with Crippen LogP contribution in [0.1, 0.15) is 0 Å². The highest BCUT2D eigenvalue weighted by Crippen LogP contribution is 2.40. The number of hydrogen-bond donors (Lipinski definition) is 0. The van der Waals surface area contributed by atoms with Crippen molar-refractivity contribution in [2.24, 2.45) is 0 Å². The molecule has 0 amide bonds. The van der Waals surface area contributed by atoms with Gasteiger partial charge in [0.25, 0.3) is 0 Å². The molecule has 2 nitrogen and oxygen atoms in total. The van der Waals surface area contributed by atoms with Gasteiger partial charge in [-0.1, -0.05) is 121 Å². The highest BCUT2D eigenvalue weighted by Gasteiger charge is 2.18. The van der Waals surface area contributed by atoms with Crippen LogP contribution < -0.4 is 0 Å². The zero-order valence-corrected chi connectivity index (χ0v) is 25.1. The summed E-state index contributed by atoms with van der Waals surface area (Å²) in [5.41, 5.74) is 9.54. The topological polar surface area (TPSA) is 9.86 Å². The lowest BCUT2D eigenvalue weighted by molar-refractivity contribution is 1.13. The summed E-state index contributed by atoms with van der Waals surface area (Å²) >= 11 is 0. The van der Waals surface area contributed by atoms with Crippen LogP contribution in [-0.4, -0.2) is 9.13 Å². The van der Waals surface area contributed by atoms with E-state index in [2.05, 4.69) is 179 Å². The Morgan fingerprint density at radius 1 is 0.283 bits per heavy atom. The molecule has 214 valence electrons. The third kappa shape index (κ3) is 3.59. The predicted octanol–water partition coefficient (Wildman–Crippen LogP) is 11.9. The van der Waals surface area contributed by atoms with Crippen molar-refractivity contribution in [1.29, 1.82) is 0 Å². The van der Waals surface area contributed by atoms with Crippen LogP contribution in [0.4, 0.5) is 0 Å². The Morgan fingerprint density at radius 3 is 1.13 bits per heavy atom. The SMILES string of the molecule is c1ccc2c(c1)cc(-c1cc(-n3c4ccccc4c4ccccc43)cc(-n3c4ccccc4c4ccccc43)c1)c1ccccc12. The summed E-state index contributed by atoms with van der Waals surface area (Å²) in [5, 5.41) is 10.1. The molecular formula is C44H28N2. The van der Waals surface area contributed by atoms with Gasteiger partial charge in [-0.3, -0.25) is 0 Å². The first-order valence-electron chi connectivity index (χ1n) is 15.9. The van der Waals surface area contributed by atoms with Crippen molar-refractivity contribution in [1.82, 2.24) is 9.13 Å². The Bertz CT molecular complexity index is 2570. The number of aromatic nitrogens is 2. The second-order valence-corrected chi connectivity index (χ2v) is 12.2. The fraction of sp³-hybridized carbons (Fsp3) is 0. The van der Waals surface area contributed by atoms with E-state index in [4.69, 9.17) is 0 Å². The van der Waals surface area contributed by atoms with Crippen LogP contribution in [0, 0.1) is 0 Å². The Balaban J connectivity index is 1.37. The van der Waals surface area contributed by atoms with Crippen molar-refractivity contribution in [2.75, 3.05) is 0 Å². The Kier molecular flexibility index (Phi) is 5.31. The Hall–Kier alpha value is -6.12. The van der Waals surface area contributed by atoms with Gasteiger partial charge in [0.2, 0.25) is 0 Å². The lowest BCUT2D eigenvalue weighted by Gasteiger charge is -2.17. The van der Waals surface area contributed by atoms with E-state index in [-0.39, 0.29) is 0 Å². The summed E-state index contributed by atoms with van der Waals surface area (Å²) in [4.78, 5) is 0. The number of hydrogen-bond acceptors (Lipinski definition) is 0. The van der Waals surface area contributed by atoms with E-state index in [1.165, 1.54) is 76.3 Å². The molecule has 0 bridgehead atoms. The molecule has 0 aliphatic heterocycles. The predicted molar refractivity (Wildman–Crippen MR) is 196 cm³/mol. The maximum atomic E-state index is 2.44. The largest absolute Gasteiger partial charge is 0.309 e. The average Bonchev–Trinajstić information content (AvgIpc) is 3.64. The van der Waals surface area contributed by atoms with Gasteiger partial charge in [0, 0.05) is 32.9 Å². The van der Waals surface area contributed by atoms with E-state index in [0.717, 1.165) is 11.4 Å². The van der Waals surface area contributed by atoms with Gasteiger partial charge in [-0.05, 0) is 81.2 Å². The van der Waals surface area contributed by atoms with Gasteiger partial charge in [-0.25, -0.2) is 0 Å². The number of benzene rings is 8. The van der Waals surface area contributed by atoms with Crippen LogP contribution in [0.2, 0.25) is 0 Å². The maximum absolute atomic E-state index is 2.44. The molecule has 0 spiro atoms. The van der Waals surface area contributed by atoms with Crippen LogP contribution in [-0.2, 0) is 0 Å². The minimum atomic E-state index is 1.14. The van der Waals surface area contributed by atoms with Crippen LogP contribution in [0.5, 0.6) is 0 Å². The first kappa shape index (κ1) is 25.2. The van der Waals surface area contributed by atoms with Gasteiger partial charge in [0.1, 0.15) is 0 Å². The second kappa shape index (κ2) is 9.69. The summed E-state index contributed by atoms with van der Waals surface area (Å²) in [6.45, 7) is 0. The van der Waals surface area contributed by atoms with Gasteiger partial charge in [-0.15, -0.1) is 0 Å². The molecule has 8 aromatic carbocycles. The van der Waals surface area contributed by atoms with Gasteiger partial charge in [-0.2, -0.15) is 0 Å². The molecule has 10 aromatic rings. The number of fused-ring (bicyclic) bond motifs is 9. The van der Waals surface area contributed by atoms with Crippen molar-refractivity contribution in [3.8, 4) is 22.5 Å². The van der Waals surface area contributed by atoms with Crippen molar-refractivity contribution < 1.29 is 0 Å². The normalized spacial score (nSPS) is 11.9. The molecular weight excluding hydrogens is 556 g/mol. The Morgan fingerprint density at radius 2 is 0.652 bits per heavy atom. The molecule has 0 N–H and O–H groups in total. The summed E-state index contributed by atoms with van der Waals surface area (Å²) < 4.78 is 4.88. The molecule has 0 saturated carbocycles. The van der Waals surface area contributed by atoms with Crippen LogP contribution in [0.3, 0.4) is 0 Å². The fourth-order valence-corrected chi connectivity index (χ4v) is 7.70. The van der Waals surface area contributed by atoms with Crippen LogP contribution in [0.15, 0.2) is 170 Å². The Labute approximate surface area is 266 Å². The smallest absolute Gasteiger partial charge is 0.0541 e. The van der Waals surface area contributed by atoms with Crippen molar-refractivity contribution in [2.45, 2.75) is 0 Å². The quantitative estimate of drug-likeness (QED) is 0.183. The van der Waals surface area contributed by atoms with Gasteiger partial charge >= 0.3 is 0 Å². The summed E-state index contributed by atoms with van der Waals surface area (Å²) in [7, 11) is 0. The van der Waals surface area contributed by atoms with E-state index in [1.807, 2.05) is 0 Å². The first-order valence-corrected chi connectivity index (χ1v) is 15.9. The van der Waals surface area contributed by atoms with Crippen LogP contribution in [0.25, 0.3) is 87.7 Å².